The Morgan fingerprint density at radius 2 is 1.45 bits per heavy atom. The van der Waals surface area contributed by atoms with Crippen LogP contribution in [0, 0.1) is 6.92 Å². The van der Waals surface area contributed by atoms with Crippen LogP contribution < -0.4 is 14.8 Å². The number of halogens is 1. The molecule has 0 unspecified atom stereocenters. The molecule has 0 saturated heterocycles. The second-order valence-electron chi connectivity index (χ2n) is 6.17. The van der Waals surface area contributed by atoms with Crippen LogP contribution in [0.2, 0.25) is 5.02 Å². The first-order chi connectivity index (χ1) is 14.5. The minimum atomic E-state index is -4.11. The lowest BCUT2D eigenvalue weighted by Crippen LogP contribution is -2.34. The number of urea groups is 1. The van der Waals surface area contributed by atoms with E-state index in [-0.39, 0.29) is 21.4 Å². The van der Waals surface area contributed by atoms with E-state index in [1.807, 2.05) is 4.72 Å². The molecule has 0 aliphatic rings. The molecule has 0 radical (unpaired) electrons. The van der Waals surface area contributed by atoms with Gasteiger partial charge >= 0.3 is 6.03 Å². The van der Waals surface area contributed by atoms with Crippen molar-refractivity contribution in [2.45, 2.75) is 16.7 Å². The van der Waals surface area contributed by atoms with Gasteiger partial charge < -0.3 is 5.32 Å². The monoisotopic (exact) mass is 481 g/mol. The Morgan fingerprint density at radius 1 is 0.871 bits per heavy atom. The highest BCUT2D eigenvalue weighted by molar-refractivity contribution is 7.92. The largest absolute Gasteiger partial charge is 0.333 e. The Balaban J connectivity index is 1.67. The molecule has 0 atom stereocenters. The van der Waals surface area contributed by atoms with Gasteiger partial charge in [0.1, 0.15) is 0 Å². The fraction of sp³-hybridized carbons (Fsp3) is 0.0556. The van der Waals surface area contributed by atoms with Gasteiger partial charge in [-0.25, -0.2) is 41.0 Å². The van der Waals surface area contributed by atoms with Gasteiger partial charge in [-0.05, 0) is 61.5 Å². The van der Waals surface area contributed by atoms with Crippen LogP contribution in [-0.4, -0.2) is 32.8 Å². The minimum Gasteiger partial charge on any atom is -0.307 e. The lowest BCUT2D eigenvalue weighted by atomic mass is 10.3. The molecule has 0 aliphatic heterocycles. The maximum absolute atomic E-state index is 12.4. The van der Waals surface area contributed by atoms with E-state index in [1.54, 1.807) is 13.0 Å². The Labute approximate surface area is 183 Å². The Bertz CT molecular complexity index is 1310. The van der Waals surface area contributed by atoms with Crippen LogP contribution >= 0.6 is 11.6 Å². The van der Waals surface area contributed by atoms with Crippen LogP contribution in [-0.2, 0) is 20.0 Å². The number of carbonyl (C=O) groups excluding carboxylic acids is 1. The molecule has 3 aromatic rings. The lowest BCUT2D eigenvalue weighted by molar-refractivity contribution is 0.256. The van der Waals surface area contributed by atoms with Gasteiger partial charge in [0.05, 0.1) is 9.79 Å². The van der Waals surface area contributed by atoms with Crippen LogP contribution in [0.15, 0.2) is 70.6 Å². The number of rotatable bonds is 6. The molecule has 3 rings (SSSR count). The number of hydrogen-bond donors (Lipinski definition) is 3. The standard InChI is InChI=1S/C18H16ClN5O5S2/c1-12-10-11-20-17(21-12)23-30(26,27)16-8-4-14(5-9-16)22-18(25)24-31(28,29)15-6-2-13(19)3-7-15/h2-11H,1H3,(H,20,21,23)(H2,22,24,25). The van der Waals surface area contributed by atoms with Crippen molar-refractivity contribution in [3.05, 3.63) is 71.5 Å². The van der Waals surface area contributed by atoms with Gasteiger partial charge in [-0.3, -0.25) is 0 Å². The third kappa shape index (κ3) is 5.90. The highest BCUT2D eigenvalue weighted by Gasteiger charge is 2.19. The normalized spacial score (nSPS) is 11.5. The molecule has 1 heterocycles. The van der Waals surface area contributed by atoms with E-state index in [0.29, 0.717) is 10.7 Å². The lowest BCUT2D eigenvalue weighted by Gasteiger charge is -2.10. The van der Waals surface area contributed by atoms with Crippen LogP contribution in [0.5, 0.6) is 0 Å². The first kappa shape index (κ1) is 22.5. The van der Waals surface area contributed by atoms with Gasteiger partial charge in [-0.1, -0.05) is 11.6 Å². The predicted octanol–water partition coefficient (Wildman–Crippen LogP) is 2.75. The van der Waals surface area contributed by atoms with E-state index < -0.39 is 26.1 Å². The molecule has 10 nitrogen and oxygen atoms in total. The van der Waals surface area contributed by atoms with Gasteiger partial charge in [0.2, 0.25) is 5.95 Å². The first-order valence-corrected chi connectivity index (χ1v) is 11.9. The van der Waals surface area contributed by atoms with Crippen molar-refractivity contribution in [3.8, 4) is 0 Å². The number of hydrogen-bond acceptors (Lipinski definition) is 7. The molecule has 0 fully saturated rings. The molecular weight excluding hydrogens is 466 g/mol. The summed E-state index contributed by atoms with van der Waals surface area (Å²) in [5.41, 5.74) is 0.765. The van der Waals surface area contributed by atoms with Crippen molar-refractivity contribution in [1.82, 2.24) is 14.7 Å². The smallest absolute Gasteiger partial charge is 0.307 e. The van der Waals surface area contributed by atoms with Gasteiger partial charge in [0, 0.05) is 22.6 Å². The fourth-order valence-corrected chi connectivity index (χ4v) is 4.33. The average Bonchev–Trinajstić information content (AvgIpc) is 2.68. The molecular formula is C18H16ClN5O5S2. The van der Waals surface area contributed by atoms with Crippen molar-refractivity contribution in [2.75, 3.05) is 10.0 Å². The maximum Gasteiger partial charge on any atom is 0.333 e. The number of nitrogens with one attached hydrogen (secondary N) is 3. The Morgan fingerprint density at radius 3 is 2.06 bits per heavy atom. The Hall–Kier alpha value is -3.22. The van der Waals surface area contributed by atoms with Crippen molar-refractivity contribution in [2.24, 2.45) is 0 Å². The van der Waals surface area contributed by atoms with Gasteiger partial charge in [-0.2, -0.15) is 0 Å². The summed E-state index contributed by atoms with van der Waals surface area (Å²) in [4.78, 5) is 19.6. The average molecular weight is 482 g/mol. The number of sulfonamides is 2. The first-order valence-electron chi connectivity index (χ1n) is 8.57. The topological polar surface area (TPSA) is 147 Å². The fourth-order valence-electron chi connectivity index (χ4n) is 2.35. The molecule has 31 heavy (non-hydrogen) atoms. The molecule has 0 aliphatic carbocycles. The second-order valence-corrected chi connectivity index (χ2v) is 9.97. The Kier molecular flexibility index (Phi) is 6.43. The predicted molar refractivity (Wildman–Crippen MR) is 115 cm³/mol. The van der Waals surface area contributed by atoms with Crippen LogP contribution in [0.3, 0.4) is 0 Å². The van der Waals surface area contributed by atoms with E-state index >= 15 is 0 Å². The number of carbonyl (C=O) groups is 1. The zero-order chi connectivity index (χ0) is 22.6. The number of benzene rings is 2. The van der Waals surface area contributed by atoms with E-state index in [4.69, 9.17) is 11.6 Å². The third-order valence-corrected chi connectivity index (χ3v) is 6.74. The quantitative estimate of drug-likeness (QED) is 0.490. The summed E-state index contributed by atoms with van der Waals surface area (Å²) >= 11 is 5.72. The molecule has 3 N–H and O–H groups in total. The number of amides is 2. The second kappa shape index (κ2) is 8.88. The summed E-state index contributed by atoms with van der Waals surface area (Å²) < 4.78 is 53.4. The summed E-state index contributed by atoms with van der Waals surface area (Å²) in [5.74, 6) is -0.0750. The zero-order valence-electron chi connectivity index (χ0n) is 15.9. The molecule has 162 valence electrons. The van der Waals surface area contributed by atoms with Crippen LogP contribution in [0.25, 0.3) is 0 Å². The SMILES string of the molecule is Cc1ccnc(NS(=O)(=O)c2ccc(NC(=O)NS(=O)(=O)c3ccc(Cl)cc3)cc2)n1. The highest BCUT2D eigenvalue weighted by Crippen LogP contribution is 2.17. The van der Waals surface area contributed by atoms with Crippen molar-refractivity contribution >= 4 is 49.3 Å². The zero-order valence-corrected chi connectivity index (χ0v) is 18.3. The van der Waals surface area contributed by atoms with Crippen molar-refractivity contribution in [3.63, 3.8) is 0 Å². The molecule has 0 saturated carbocycles. The number of aromatic nitrogens is 2. The maximum atomic E-state index is 12.4. The van der Waals surface area contributed by atoms with Gasteiger partial charge in [0.25, 0.3) is 20.0 Å². The van der Waals surface area contributed by atoms with Crippen LogP contribution in [0.4, 0.5) is 16.4 Å². The van der Waals surface area contributed by atoms with Crippen LogP contribution in [0.1, 0.15) is 5.69 Å². The van der Waals surface area contributed by atoms with Gasteiger partial charge in [-0.15, -0.1) is 0 Å². The summed E-state index contributed by atoms with van der Waals surface area (Å²) in [7, 11) is -8.06. The molecule has 2 aromatic carbocycles. The molecule has 1 aromatic heterocycles. The molecule has 13 heteroatoms. The molecule has 0 spiro atoms. The summed E-state index contributed by atoms with van der Waals surface area (Å²) in [6.45, 7) is 1.69. The van der Waals surface area contributed by atoms with Crippen molar-refractivity contribution in [1.29, 1.82) is 0 Å². The number of nitrogens with zero attached hydrogens (tertiary/aromatic N) is 2. The van der Waals surface area contributed by atoms with E-state index in [9.17, 15) is 21.6 Å². The summed E-state index contributed by atoms with van der Waals surface area (Å²) in [6, 6.07) is 11.0. The van der Waals surface area contributed by atoms with Crippen molar-refractivity contribution < 1.29 is 21.6 Å². The summed E-state index contributed by atoms with van der Waals surface area (Å²) in [5, 5.41) is 2.67. The van der Waals surface area contributed by atoms with Gasteiger partial charge in [0.15, 0.2) is 0 Å². The third-order valence-electron chi connectivity index (χ3n) is 3.79. The van der Waals surface area contributed by atoms with E-state index in [2.05, 4.69) is 20.0 Å². The number of aryl methyl sites for hydroxylation is 1. The summed E-state index contributed by atoms with van der Waals surface area (Å²) in [6.07, 6.45) is 1.42. The molecule has 2 amide bonds. The highest BCUT2D eigenvalue weighted by atomic mass is 35.5. The van der Waals surface area contributed by atoms with E-state index in [0.717, 1.165) is 0 Å². The molecule has 0 bridgehead atoms. The number of anilines is 2. The van der Waals surface area contributed by atoms with E-state index in [1.165, 1.54) is 54.7 Å². The minimum absolute atomic E-state index is 0.0750.